The van der Waals surface area contributed by atoms with E-state index < -0.39 is 0 Å². The molecule has 0 spiro atoms. The molecule has 3 rings (SSSR count). The minimum absolute atomic E-state index is 0.0945. The number of para-hydroxylation sites is 1. The lowest BCUT2D eigenvalue weighted by Crippen LogP contribution is -2.29. The normalized spacial score (nSPS) is 18.0. The summed E-state index contributed by atoms with van der Waals surface area (Å²) in [6.07, 6.45) is 2.29. The molecule has 22 heavy (non-hydrogen) atoms. The summed E-state index contributed by atoms with van der Waals surface area (Å²) in [6.45, 7) is 3.04. The maximum absolute atomic E-state index is 13.9. The van der Waals surface area contributed by atoms with Crippen LogP contribution >= 0.6 is 0 Å². The maximum atomic E-state index is 13.9. The second-order valence-corrected chi connectivity index (χ2v) is 5.60. The van der Waals surface area contributed by atoms with Crippen LogP contribution in [0, 0.1) is 18.7 Å². The lowest BCUT2D eigenvalue weighted by molar-refractivity contribution is 0.0781. The van der Waals surface area contributed by atoms with Crippen molar-refractivity contribution in [1.82, 2.24) is 14.7 Å². The first-order chi connectivity index (χ1) is 10.6. The first-order valence-electron chi connectivity index (χ1n) is 7.31. The fourth-order valence-corrected chi connectivity index (χ4v) is 2.82. The summed E-state index contributed by atoms with van der Waals surface area (Å²) in [7, 11) is 0. The fraction of sp³-hybridized carbons (Fsp3) is 0.375. The van der Waals surface area contributed by atoms with Gasteiger partial charge < -0.3 is 10.0 Å². The molecule has 1 atom stereocenters. The minimum atomic E-state index is -0.380. The van der Waals surface area contributed by atoms with E-state index in [0.717, 1.165) is 6.42 Å². The number of aromatic nitrogens is 2. The van der Waals surface area contributed by atoms with Crippen molar-refractivity contribution in [2.24, 2.45) is 5.92 Å². The van der Waals surface area contributed by atoms with Crippen molar-refractivity contribution in [3.05, 3.63) is 47.5 Å². The van der Waals surface area contributed by atoms with Gasteiger partial charge in [-0.1, -0.05) is 12.1 Å². The Morgan fingerprint density at radius 1 is 1.45 bits per heavy atom. The molecule has 2 heterocycles. The van der Waals surface area contributed by atoms with E-state index in [-0.39, 0.29) is 24.2 Å². The zero-order valence-electron chi connectivity index (χ0n) is 12.4. The van der Waals surface area contributed by atoms with Crippen LogP contribution in [0.2, 0.25) is 0 Å². The van der Waals surface area contributed by atoms with Crippen LogP contribution in [0.1, 0.15) is 22.5 Å². The molecule has 1 unspecified atom stereocenters. The lowest BCUT2D eigenvalue weighted by Gasteiger charge is -2.16. The monoisotopic (exact) mass is 303 g/mol. The largest absolute Gasteiger partial charge is 0.396 e. The number of hydrogen-bond donors (Lipinski definition) is 1. The van der Waals surface area contributed by atoms with Crippen molar-refractivity contribution < 1.29 is 14.3 Å². The van der Waals surface area contributed by atoms with Crippen LogP contribution in [0.4, 0.5) is 4.39 Å². The van der Waals surface area contributed by atoms with Crippen molar-refractivity contribution in [2.45, 2.75) is 13.3 Å². The summed E-state index contributed by atoms with van der Waals surface area (Å²) in [4.78, 5) is 14.3. The second-order valence-electron chi connectivity index (χ2n) is 5.60. The van der Waals surface area contributed by atoms with E-state index in [1.807, 2.05) is 0 Å². The molecule has 0 aliphatic carbocycles. The Labute approximate surface area is 128 Å². The van der Waals surface area contributed by atoms with Crippen molar-refractivity contribution in [1.29, 1.82) is 0 Å². The van der Waals surface area contributed by atoms with Crippen molar-refractivity contribution in [3.63, 3.8) is 0 Å². The highest BCUT2D eigenvalue weighted by Crippen LogP contribution is 2.22. The summed E-state index contributed by atoms with van der Waals surface area (Å²) >= 11 is 0. The highest BCUT2D eigenvalue weighted by Gasteiger charge is 2.28. The van der Waals surface area contributed by atoms with E-state index in [1.54, 1.807) is 30.0 Å². The number of rotatable bonds is 3. The highest BCUT2D eigenvalue weighted by molar-refractivity contribution is 5.95. The molecule has 1 aliphatic heterocycles. The molecule has 1 fully saturated rings. The highest BCUT2D eigenvalue weighted by atomic mass is 19.1. The van der Waals surface area contributed by atoms with Crippen LogP contribution in [0.3, 0.4) is 0 Å². The zero-order valence-corrected chi connectivity index (χ0v) is 12.4. The SMILES string of the molecule is Cc1c(C(=O)N2CCC(CO)C2)cnn1-c1ccccc1F. The molecule has 1 aromatic carbocycles. The van der Waals surface area contributed by atoms with E-state index >= 15 is 0 Å². The van der Waals surface area contributed by atoms with Crippen LogP contribution in [0.25, 0.3) is 5.69 Å². The van der Waals surface area contributed by atoms with Crippen LogP contribution < -0.4 is 0 Å². The number of aliphatic hydroxyl groups is 1. The Kier molecular flexibility index (Phi) is 3.94. The van der Waals surface area contributed by atoms with E-state index in [9.17, 15) is 14.3 Å². The van der Waals surface area contributed by atoms with Gasteiger partial charge in [-0.05, 0) is 25.5 Å². The number of nitrogens with zero attached hydrogens (tertiary/aromatic N) is 3. The molecule has 1 N–H and O–H groups in total. The van der Waals surface area contributed by atoms with Gasteiger partial charge in [0.05, 0.1) is 17.5 Å². The van der Waals surface area contributed by atoms with Crippen molar-refractivity contribution >= 4 is 5.91 Å². The van der Waals surface area contributed by atoms with Gasteiger partial charge >= 0.3 is 0 Å². The van der Waals surface area contributed by atoms with E-state index in [2.05, 4.69) is 5.10 Å². The van der Waals surface area contributed by atoms with Gasteiger partial charge in [0.25, 0.3) is 5.91 Å². The molecular formula is C16H18FN3O2. The van der Waals surface area contributed by atoms with Crippen LogP contribution in [0.5, 0.6) is 0 Å². The molecular weight excluding hydrogens is 285 g/mol. The molecule has 6 heteroatoms. The predicted molar refractivity (Wildman–Crippen MR) is 79.4 cm³/mol. The van der Waals surface area contributed by atoms with E-state index in [4.69, 9.17) is 0 Å². The van der Waals surface area contributed by atoms with Gasteiger partial charge in [-0.2, -0.15) is 5.10 Å². The molecule has 0 bridgehead atoms. The minimum Gasteiger partial charge on any atom is -0.396 e. The Morgan fingerprint density at radius 3 is 2.91 bits per heavy atom. The zero-order chi connectivity index (χ0) is 15.7. The number of aliphatic hydroxyl groups excluding tert-OH is 1. The molecule has 0 radical (unpaired) electrons. The molecule has 5 nitrogen and oxygen atoms in total. The van der Waals surface area contributed by atoms with Gasteiger partial charge in [0.1, 0.15) is 11.5 Å². The molecule has 1 saturated heterocycles. The number of halogens is 1. The number of carbonyl (C=O) groups is 1. The number of amides is 1. The molecule has 0 saturated carbocycles. The molecule has 2 aromatic rings. The third-order valence-corrected chi connectivity index (χ3v) is 4.15. The quantitative estimate of drug-likeness (QED) is 0.940. The maximum Gasteiger partial charge on any atom is 0.257 e. The summed E-state index contributed by atoms with van der Waals surface area (Å²) in [5.74, 6) is -0.351. The predicted octanol–water partition coefficient (Wildman–Crippen LogP) is 1.77. The third-order valence-electron chi connectivity index (χ3n) is 4.15. The molecule has 116 valence electrons. The van der Waals surface area contributed by atoms with Gasteiger partial charge in [-0.3, -0.25) is 4.79 Å². The Bertz CT molecular complexity index is 698. The van der Waals surface area contributed by atoms with Gasteiger partial charge in [0.2, 0.25) is 0 Å². The first-order valence-corrected chi connectivity index (χ1v) is 7.31. The first kappa shape index (κ1) is 14.7. The summed E-state index contributed by atoms with van der Waals surface area (Å²) in [5.41, 5.74) is 1.41. The fourth-order valence-electron chi connectivity index (χ4n) is 2.82. The van der Waals surface area contributed by atoms with Gasteiger partial charge in [0.15, 0.2) is 0 Å². The number of carbonyl (C=O) groups excluding carboxylic acids is 1. The number of benzene rings is 1. The Hall–Kier alpha value is -2.21. The van der Waals surface area contributed by atoms with Gasteiger partial charge in [-0.25, -0.2) is 9.07 Å². The third kappa shape index (κ3) is 2.50. The summed E-state index contributed by atoms with van der Waals surface area (Å²) in [6, 6.07) is 6.34. The topological polar surface area (TPSA) is 58.4 Å². The second kappa shape index (κ2) is 5.88. The van der Waals surface area contributed by atoms with Gasteiger partial charge in [0, 0.05) is 25.6 Å². The van der Waals surface area contributed by atoms with E-state index in [1.165, 1.54) is 16.9 Å². The average molecular weight is 303 g/mol. The summed E-state index contributed by atoms with van der Waals surface area (Å²) in [5, 5.41) is 13.3. The van der Waals surface area contributed by atoms with Crippen molar-refractivity contribution in [2.75, 3.05) is 19.7 Å². The molecule has 1 aliphatic rings. The van der Waals surface area contributed by atoms with Crippen molar-refractivity contribution in [3.8, 4) is 5.69 Å². The van der Waals surface area contributed by atoms with Crippen LogP contribution in [0.15, 0.2) is 30.5 Å². The number of hydrogen-bond acceptors (Lipinski definition) is 3. The van der Waals surface area contributed by atoms with Crippen LogP contribution in [-0.4, -0.2) is 45.4 Å². The smallest absolute Gasteiger partial charge is 0.257 e. The average Bonchev–Trinajstić information content (AvgIpc) is 3.14. The Morgan fingerprint density at radius 2 is 2.23 bits per heavy atom. The molecule has 1 aromatic heterocycles. The number of likely N-dealkylation sites (tertiary alicyclic amines) is 1. The Balaban J connectivity index is 1.88. The summed E-state index contributed by atoms with van der Waals surface area (Å²) < 4.78 is 15.3. The lowest BCUT2D eigenvalue weighted by atomic mass is 10.1. The molecule has 1 amide bonds. The van der Waals surface area contributed by atoms with E-state index in [0.29, 0.717) is 30.0 Å². The van der Waals surface area contributed by atoms with Crippen LogP contribution in [-0.2, 0) is 0 Å². The van der Waals surface area contributed by atoms with Gasteiger partial charge in [-0.15, -0.1) is 0 Å². The standard InChI is InChI=1S/C16H18FN3O2/c1-11-13(16(22)19-7-6-12(9-19)10-21)8-18-20(11)15-5-3-2-4-14(15)17/h2-5,8,12,21H,6-7,9-10H2,1H3.